The van der Waals surface area contributed by atoms with Crippen LogP contribution in [-0.2, 0) is 11.3 Å². The monoisotopic (exact) mass is 412 g/mol. The highest BCUT2D eigenvalue weighted by Gasteiger charge is 2.16. The van der Waals surface area contributed by atoms with E-state index in [0.717, 1.165) is 47.5 Å². The maximum absolute atomic E-state index is 5.50. The molecule has 1 N–H and O–H groups in total. The van der Waals surface area contributed by atoms with Gasteiger partial charge in [-0.25, -0.2) is 9.97 Å². The quantitative estimate of drug-likeness (QED) is 0.697. The van der Waals surface area contributed by atoms with Crippen LogP contribution < -0.4 is 10.2 Å². The van der Waals surface area contributed by atoms with Gasteiger partial charge in [0.1, 0.15) is 12.1 Å². The van der Waals surface area contributed by atoms with E-state index in [0.29, 0.717) is 6.54 Å². The van der Waals surface area contributed by atoms with Crippen molar-refractivity contribution >= 4 is 38.3 Å². The number of nitrogens with one attached hydrogen (secondary N) is 1. The number of ether oxygens (including phenoxy) is 1. The highest BCUT2D eigenvalue weighted by Crippen LogP contribution is 2.28. The molecule has 0 unspecified atom stereocenters. The average Bonchev–Trinajstić information content (AvgIpc) is 2.68. The molecule has 2 aromatic carbocycles. The third kappa shape index (κ3) is 3.52. The lowest BCUT2D eigenvalue weighted by Gasteiger charge is -2.31. The van der Waals surface area contributed by atoms with Crippen molar-refractivity contribution in [2.24, 2.45) is 0 Å². The van der Waals surface area contributed by atoms with Crippen molar-refractivity contribution in [1.82, 2.24) is 9.97 Å². The number of hydrogen-bond donors (Lipinski definition) is 1. The molecule has 0 radical (unpaired) electrons. The molecule has 1 aliphatic heterocycles. The van der Waals surface area contributed by atoms with E-state index < -0.39 is 0 Å². The van der Waals surface area contributed by atoms with Gasteiger partial charge in [-0.3, -0.25) is 0 Å². The van der Waals surface area contributed by atoms with Crippen LogP contribution in [0.4, 0.5) is 11.5 Å². The first kappa shape index (κ1) is 17.2. The van der Waals surface area contributed by atoms with Crippen LogP contribution in [0.25, 0.3) is 10.9 Å². The van der Waals surface area contributed by atoms with E-state index in [-0.39, 0.29) is 0 Å². The zero-order valence-electron chi connectivity index (χ0n) is 14.7. The molecular formula is C20H21BrN4O. The van der Waals surface area contributed by atoms with Crippen LogP contribution in [0.15, 0.2) is 47.2 Å². The molecule has 0 amide bonds. The van der Waals surface area contributed by atoms with Gasteiger partial charge in [0.05, 0.1) is 18.7 Å². The molecule has 134 valence electrons. The standard InChI is InChI=1S/C20H21BrN4O/c1-14-3-2-4-17-19(14)20(24-13-23-17)22-12-15-5-6-16(21)11-18(15)25-7-9-26-10-8-25/h2-6,11,13H,7-10,12H2,1H3,(H,22,23,24). The Morgan fingerprint density at radius 2 is 2.00 bits per heavy atom. The molecule has 1 saturated heterocycles. The smallest absolute Gasteiger partial charge is 0.137 e. The van der Waals surface area contributed by atoms with Crippen LogP contribution >= 0.6 is 15.9 Å². The maximum Gasteiger partial charge on any atom is 0.137 e. The van der Waals surface area contributed by atoms with Crippen molar-refractivity contribution in [3.63, 3.8) is 0 Å². The van der Waals surface area contributed by atoms with Gasteiger partial charge in [0.25, 0.3) is 0 Å². The first-order valence-electron chi connectivity index (χ1n) is 8.78. The number of nitrogens with zero attached hydrogens (tertiary/aromatic N) is 3. The van der Waals surface area contributed by atoms with Gasteiger partial charge in [-0.15, -0.1) is 0 Å². The Morgan fingerprint density at radius 3 is 2.85 bits per heavy atom. The van der Waals surface area contributed by atoms with Gasteiger partial charge in [-0.1, -0.05) is 34.1 Å². The first-order valence-corrected chi connectivity index (χ1v) is 9.57. The Morgan fingerprint density at radius 1 is 1.15 bits per heavy atom. The van der Waals surface area contributed by atoms with Crippen LogP contribution in [0, 0.1) is 6.92 Å². The van der Waals surface area contributed by atoms with Crippen LogP contribution in [0.3, 0.4) is 0 Å². The van der Waals surface area contributed by atoms with Crippen LogP contribution in [0.1, 0.15) is 11.1 Å². The number of morpholine rings is 1. The van der Waals surface area contributed by atoms with Crippen LogP contribution in [0.2, 0.25) is 0 Å². The van der Waals surface area contributed by atoms with Crippen molar-refractivity contribution in [2.75, 3.05) is 36.5 Å². The second kappa shape index (κ2) is 7.60. The van der Waals surface area contributed by atoms with Crippen molar-refractivity contribution in [3.8, 4) is 0 Å². The van der Waals surface area contributed by atoms with Gasteiger partial charge in [0.2, 0.25) is 0 Å². The van der Waals surface area contributed by atoms with E-state index in [9.17, 15) is 0 Å². The summed E-state index contributed by atoms with van der Waals surface area (Å²) in [5.74, 6) is 0.879. The fourth-order valence-corrected chi connectivity index (χ4v) is 3.73. The number of aromatic nitrogens is 2. The number of aryl methyl sites for hydroxylation is 1. The fraction of sp³-hybridized carbons (Fsp3) is 0.300. The molecular weight excluding hydrogens is 392 g/mol. The Kier molecular flexibility index (Phi) is 5.04. The topological polar surface area (TPSA) is 50.3 Å². The minimum atomic E-state index is 0.709. The Labute approximate surface area is 161 Å². The predicted molar refractivity (Wildman–Crippen MR) is 109 cm³/mol. The SMILES string of the molecule is Cc1cccc2ncnc(NCc3ccc(Br)cc3N3CCOCC3)c12. The first-order chi connectivity index (χ1) is 12.7. The molecule has 1 fully saturated rings. The van der Waals surface area contributed by atoms with E-state index in [2.05, 4.69) is 67.3 Å². The summed E-state index contributed by atoms with van der Waals surface area (Å²) in [6.45, 7) is 6.18. The number of anilines is 2. The third-order valence-electron chi connectivity index (χ3n) is 4.72. The van der Waals surface area contributed by atoms with E-state index in [4.69, 9.17) is 4.74 Å². The summed E-state index contributed by atoms with van der Waals surface area (Å²) in [5.41, 5.74) is 4.63. The van der Waals surface area contributed by atoms with Gasteiger partial charge in [-0.2, -0.15) is 0 Å². The fourth-order valence-electron chi connectivity index (χ4n) is 3.38. The van der Waals surface area contributed by atoms with E-state index >= 15 is 0 Å². The summed E-state index contributed by atoms with van der Waals surface area (Å²) in [6.07, 6.45) is 1.62. The molecule has 0 spiro atoms. The number of fused-ring (bicyclic) bond motifs is 1. The molecule has 26 heavy (non-hydrogen) atoms. The van der Waals surface area contributed by atoms with Crippen molar-refractivity contribution < 1.29 is 4.74 Å². The molecule has 0 aliphatic carbocycles. The number of halogens is 1. The second-order valence-electron chi connectivity index (χ2n) is 6.42. The van der Waals surface area contributed by atoms with E-state index in [1.807, 2.05) is 12.1 Å². The molecule has 1 aromatic heterocycles. The molecule has 2 heterocycles. The van der Waals surface area contributed by atoms with Crippen molar-refractivity contribution in [3.05, 3.63) is 58.3 Å². The van der Waals surface area contributed by atoms with E-state index in [1.54, 1.807) is 6.33 Å². The largest absolute Gasteiger partial charge is 0.378 e. The average molecular weight is 413 g/mol. The van der Waals surface area contributed by atoms with Crippen LogP contribution in [-0.4, -0.2) is 36.3 Å². The molecule has 1 aliphatic rings. The second-order valence-corrected chi connectivity index (χ2v) is 7.33. The lowest BCUT2D eigenvalue weighted by Crippen LogP contribution is -2.36. The molecule has 6 heteroatoms. The molecule has 4 rings (SSSR count). The number of hydrogen-bond acceptors (Lipinski definition) is 5. The maximum atomic E-state index is 5.50. The minimum Gasteiger partial charge on any atom is -0.378 e. The summed E-state index contributed by atoms with van der Waals surface area (Å²) in [4.78, 5) is 11.2. The zero-order chi connectivity index (χ0) is 17.9. The molecule has 0 saturated carbocycles. The zero-order valence-corrected chi connectivity index (χ0v) is 16.3. The number of rotatable bonds is 4. The highest BCUT2D eigenvalue weighted by molar-refractivity contribution is 9.10. The van der Waals surface area contributed by atoms with Gasteiger partial charge in [0, 0.05) is 35.2 Å². The van der Waals surface area contributed by atoms with Gasteiger partial charge in [0.15, 0.2) is 0 Å². The highest BCUT2D eigenvalue weighted by atomic mass is 79.9. The number of benzene rings is 2. The summed E-state index contributed by atoms with van der Waals surface area (Å²) in [7, 11) is 0. The summed E-state index contributed by atoms with van der Waals surface area (Å²) in [6, 6.07) is 12.6. The predicted octanol–water partition coefficient (Wildman–Crippen LogP) is 4.15. The lowest BCUT2D eigenvalue weighted by atomic mass is 10.1. The molecule has 0 bridgehead atoms. The third-order valence-corrected chi connectivity index (χ3v) is 5.21. The van der Waals surface area contributed by atoms with Gasteiger partial charge < -0.3 is 15.0 Å². The van der Waals surface area contributed by atoms with Gasteiger partial charge >= 0.3 is 0 Å². The van der Waals surface area contributed by atoms with Gasteiger partial charge in [-0.05, 0) is 36.2 Å². The Hall–Kier alpha value is -2.18. The van der Waals surface area contributed by atoms with E-state index in [1.165, 1.54) is 16.8 Å². The minimum absolute atomic E-state index is 0.709. The molecule has 3 aromatic rings. The van der Waals surface area contributed by atoms with Crippen molar-refractivity contribution in [1.29, 1.82) is 0 Å². The van der Waals surface area contributed by atoms with Crippen LogP contribution in [0.5, 0.6) is 0 Å². The normalized spacial score (nSPS) is 14.6. The summed E-state index contributed by atoms with van der Waals surface area (Å²) < 4.78 is 6.58. The summed E-state index contributed by atoms with van der Waals surface area (Å²) in [5, 5.41) is 4.60. The molecule has 0 atom stereocenters. The summed E-state index contributed by atoms with van der Waals surface area (Å²) >= 11 is 3.60. The van der Waals surface area contributed by atoms with Crippen molar-refractivity contribution in [2.45, 2.75) is 13.5 Å². The lowest BCUT2D eigenvalue weighted by molar-refractivity contribution is 0.122. The Bertz CT molecular complexity index is 920. The Balaban J connectivity index is 1.63. The molecule has 5 nitrogen and oxygen atoms in total.